The number of benzene rings is 2. The van der Waals surface area contributed by atoms with E-state index in [0.29, 0.717) is 23.3 Å². The summed E-state index contributed by atoms with van der Waals surface area (Å²) in [7, 11) is 0. The van der Waals surface area contributed by atoms with E-state index in [1.807, 2.05) is 62.4 Å². The summed E-state index contributed by atoms with van der Waals surface area (Å²) in [6.07, 6.45) is 0. The molecule has 130 valence electrons. The molecule has 0 aliphatic rings. The molecular weight excluding hydrogens is 402 g/mol. The predicted molar refractivity (Wildman–Crippen MR) is 110 cm³/mol. The largest absolute Gasteiger partial charge is 0.322 e. The van der Waals surface area contributed by atoms with Crippen LogP contribution >= 0.6 is 40.3 Å². The highest BCUT2D eigenvalue weighted by molar-refractivity contribution is 8.68. The Morgan fingerprint density at radius 2 is 1.25 bits per heavy atom. The highest BCUT2D eigenvalue weighted by Crippen LogP contribution is 2.67. The van der Waals surface area contributed by atoms with Gasteiger partial charge >= 0.3 is 0 Å². The summed E-state index contributed by atoms with van der Waals surface area (Å²) in [5.41, 5.74) is -0.251. The van der Waals surface area contributed by atoms with Gasteiger partial charge in [0.1, 0.15) is 0 Å². The molecule has 7 heteroatoms. The molecule has 2 aromatic carbocycles. The second-order valence-electron chi connectivity index (χ2n) is 4.87. The average Bonchev–Trinajstić information content (AvgIpc) is 2.55. The lowest BCUT2D eigenvalue weighted by Gasteiger charge is -2.26. The molecule has 0 bridgehead atoms. The molecule has 2 nitrogen and oxygen atoms in total. The Labute approximate surface area is 162 Å². The zero-order chi connectivity index (χ0) is 17.6. The van der Waals surface area contributed by atoms with Crippen molar-refractivity contribution >= 4 is 52.1 Å². The van der Waals surface area contributed by atoms with Gasteiger partial charge in [0, 0.05) is 10.0 Å². The summed E-state index contributed by atoms with van der Waals surface area (Å²) >= 11 is 19.3. The molecule has 0 aliphatic carbocycles. The van der Waals surface area contributed by atoms with Crippen LogP contribution in [0.3, 0.4) is 0 Å². The van der Waals surface area contributed by atoms with Crippen LogP contribution in [0, 0.1) is 0 Å². The lowest BCUT2D eigenvalue weighted by atomic mass is 10.0. The Bertz CT molecular complexity index is 637. The van der Waals surface area contributed by atoms with Crippen LogP contribution in [0.4, 0.5) is 0 Å². The van der Waals surface area contributed by atoms with E-state index in [9.17, 15) is 0 Å². The van der Waals surface area contributed by atoms with Crippen LogP contribution in [0.15, 0.2) is 48.5 Å². The molecule has 2 rings (SSSR count). The van der Waals surface area contributed by atoms with E-state index in [-0.39, 0.29) is 5.25 Å². The number of halogens is 2. The van der Waals surface area contributed by atoms with Crippen LogP contribution < -0.4 is 0 Å². The molecule has 24 heavy (non-hydrogen) atoms. The fourth-order valence-corrected chi connectivity index (χ4v) is 7.94. The molecule has 0 amide bonds. The summed E-state index contributed by atoms with van der Waals surface area (Å²) in [5, 5.41) is 1.39. The van der Waals surface area contributed by atoms with Gasteiger partial charge in [-0.3, -0.25) is 0 Å². The maximum absolute atomic E-state index is 6.03. The van der Waals surface area contributed by atoms with Gasteiger partial charge < -0.3 is 9.05 Å². The van der Waals surface area contributed by atoms with Crippen LogP contribution in [-0.2, 0) is 20.9 Å². The number of hydrogen-bond acceptors (Lipinski definition) is 4. The normalized spacial score (nSPS) is 11.9. The second-order valence-corrected chi connectivity index (χ2v) is 12.0. The first-order valence-electron chi connectivity index (χ1n) is 7.56. The van der Waals surface area contributed by atoms with E-state index < -0.39 is 5.69 Å². The summed E-state index contributed by atoms with van der Waals surface area (Å²) in [5.74, 6) is 0. The van der Waals surface area contributed by atoms with Crippen molar-refractivity contribution in [1.29, 1.82) is 0 Å². The van der Waals surface area contributed by atoms with Gasteiger partial charge in [-0.15, -0.1) is 0 Å². The first-order valence-corrected chi connectivity index (χ1v) is 12.4. The summed E-state index contributed by atoms with van der Waals surface area (Å²) in [4.78, 5) is 0. The molecule has 0 aliphatic heterocycles. The Morgan fingerprint density at radius 3 is 1.58 bits per heavy atom. The van der Waals surface area contributed by atoms with Gasteiger partial charge in [0.05, 0.1) is 18.5 Å². The predicted octanol–water partition coefficient (Wildman–Crippen LogP) is 7.11. The van der Waals surface area contributed by atoms with Crippen molar-refractivity contribution in [3.63, 3.8) is 0 Å². The van der Waals surface area contributed by atoms with E-state index in [1.54, 1.807) is 11.4 Å². The maximum Gasteiger partial charge on any atom is 0.248 e. The van der Waals surface area contributed by atoms with Crippen LogP contribution in [0.25, 0.3) is 0 Å². The Kier molecular flexibility index (Phi) is 8.09. The van der Waals surface area contributed by atoms with Gasteiger partial charge in [0.2, 0.25) is 5.69 Å². The Balaban J connectivity index is 2.40. The molecular formula is C17H19Cl2O2PS2. The molecule has 0 fully saturated rings. The zero-order valence-corrected chi connectivity index (χ0v) is 17.5. The van der Waals surface area contributed by atoms with E-state index >= 15 is 0 Å². The monoisotopic (exact) mass is 420 g/mol. The van der Waals surface area contributed by atoms with E-state index in [2.05, 4.69) is 0 Å². The van der Waals surface area contributed by atoms with E-state index in [0.717, 1.165) is 11.1 Å². The van der Waals surface area contributed by atoms with E-state index in [1.165, 1.54) is 0 Å². The standard InChI is InChI=1S/C17H19Cl2O2PS2/c1-3-20-22(23,21-4-2)24-17(13-5-9-15(18)10-6-13)14-7-11-16(19)12-8-14/h5-12,17H,3-4H2,1-2H3. The Morgan fingerprint density at radius 1 is 0.875 bits per heavy atom. The quantitative estimate of drug-likeness (QED) is 0.423. The van der Waals surface area contributed by atoms with Crippen LogP contribution in [0.5, 0.6) is 0 Å². The first kappa shape index (κ1) is 20.3. The third kappa shape index (κ3) is 5.74. The van der Waals surface area contributed by atoms with Crippen molar-refractivity contribution in [1.82, 2.24) is 0 Å². The maximum atomic E-state index is 6.03. The molecule has 0 unspecified atom stereocenters. The molecule has 0 atom stereocenters. The molecule has 0 aromatic heterocycles. The fraction of sp³-hybridized carbons (Fsp3) is 0.294. The Hall–Kier alpha value is -0.0600. The lowest BCUT2D eigenvalue weighted by Crippen LogP contribution is -2.00. The molecule has 0 saturated carbocycles. The van der Waals surface area contributed by atoms with Crippen LogP contribution in [0.1, 0.15) is 30.2 Å². The number of rotatable bonds is 8. The summed E-state index contributed by atoms with van der Waals surface area (Å²) in [6.45, 7) is 4.91. The molecule has 0 N–H and O–H groups in total. The van der Waals surface area contributed by atoms with E-state index in [4.69, 9.17) is 44.1 Å². The molecule has 2 aromatic rings. The van der Waals surface area contributed by atoms with Gasteiger partial charge in [0.25, 0.3) is 0 Å². The topological polar surface area (TPSA) is 18.5 Å². The SMILES string of the molecule is CCOP(=S)(OCC)SC(c1ccc(Cl)cc1)c1ccc(Cl)cc1. The van der Waals surface area contributed by atoms with Gasteiger partial charge in [-0.25, -0.2) is 0 Å². The van der Waals surface area contributed by atoms with Crippen molar-refractivity contribution in [2.24, 2.45) is 0 Å². The highest BCUT2D eigenvalue weighted by atomic mass is 35.5. The van der Waals surface area contributed by atoms with Gasteiger partial charge in [-0.2, -0.15) is 0 Å². The van der Waals surface area contributed by atoms with Gasteiger partial charge in [-0.05, 0) is 61.0 Å². The van der Waals surface area contributed by atoms with Crippen molar-refractivity contribution in [3.8, 4) is 0 Å². The summed E-state index contributed by atoms with van der Waals surface area (Å²) < 4.78 is 11.6. The van der Waals surface area contributed by atoms with Crippen LogP contribution in [-0.4, -0.2) is 13.2 Å². The zero-order valence-electron chi connectivity index (χ0n) is 13.4. The molecule has 0 radical (unpaired) electrons. The van der Waals surface area contributed by atoms with Crippen molar-refractivity contribution in [2.45, 2.75) is 19.1 Å². The highest BCUT2D eigenvalue weighted by Gasteiger charge is 2.27. The minimum atomic E-state index is -2.45. The van der Waals surface area contributed by atoms with Gasteiger partial charge in [-0.1, -0.05) is 58.8 Å². The molecule has 0 heterocycles. The third-order valence-electron chi connectivity index (χ3n) is 3.15. The molecule has 0 spiro atoms. The number of hydrogen-bond donors (Lipinski definition) is 0. The smallest absolute Gasteiger partial charge is 0.248 e. The lowest BCUT2D eigenvalue weighted by molar-refractivity contribution is 0.280. The van der Waals surface area contributed by atoms with Crippen molar-refractivity contribution in [2.75, 3.05) is 13.2 Å². The summed E-state index contributed by atoms with van der Waals surface area (Å²) in [6, 6.07) is 15.5. The fourth-order valence-electron chi connectivity index (χ4n) is 2.13. The van der Waals surface area contributed by atoms with Crippen molar-refractivity contribution < 1.29 is 9.05 Å². The van der Waals surface area contributed by atoms with Crippen molar-refractivity contribution in [3.05, 3.63) is 69.7 Å². The molecule has 0 saturated heterocycles. The second kappa shape index (κ2) is 9.59. The van der Waals surface area contributed by atoms with Gasteiger partial charge in [0.15, 0.2) is 0 Å². The minimum Gasteiger partial charge on any atom is -0.322 e. The third-order valence-corrected chi connectivity index (χ3v) is 9.27. The first-order chi connectivity index (χ1) is 11.5. The minimum absolute atomic E-state index is 0.0107. The van der Waals surface area contributed by atoms with Crippen LogP contribution in [0.2, 0.25) is 10.0 Å². The average molecular weight is 421 g/mol.